The number of benzene rings is 1. The smallest absolute Gasteiger partial charge is 0.170 e. The molecular weight excluding hydrogens is 243 g/mol. The number of carbonyl (C=O) groups is 1. The molecule has 1 aliphatic carbocycles. The summed E-state index contributed by atoms with van der Waals surface area (Å²) in [6.45, 7) is 4.50. The Balaban J connectivity index is 1.90. The molecule has 3 rings (SSSR count). The summed E-state index contributed by atoms with van der Waals surface area (Å²) in [5.74, 6) is 0.164. The van der Waals surface area contributed by atoms with E-state index in [0.717, 1.165) is 25.7 Å². The van der Waals surface area contributed by atoms with Crippen LogP contribution in [-0.2, 0) is 0 Å². The van der Waals surface area contributed by atoms with E-state index < -0.39 is 5.60 Å². The van der Waals surface area contributed by atoms with Crippen molar-refractivity contribution in [1.29, 1.82) is 0 Å². The van der Waals surface area contributed by atoms with Gasteiger partial charge in [-0.3, -0.25) is 4.79 Å². The number of fused-ring (bicyclic) bond motifs is 1. The minimum atomic E-state index is -0.395. The highest BCUT2D eigenvalue weighted by atomic mass is 19.1. The van der Waals surface area contributed by atoms with Crippen LogP contribution in [0.5, 0.6) is 5.75 Å². The first-order valence-corrected chi connectivity index (χ1v) is 6.91. The minimum Gasteiger partial charge on any atom is -0.486 e. The van der Waals surface area contributed by atoms with Crippen LogP contribution in [0, 0.1) is 11.2 Å². The van der Waals surface area contributed by atoms with E-state index in [9.17, 15) is 9.18 Å². The van der Waals surface area contributed by atoms with Crippen molar-refractivity contribution in [2.75, 3.05) is 0 Å². The fourth-order valence-electron chi connectivity index (χ4n) is 3.13. The molecule has 1 aliphatic heterocycles. The van der Waals surface area contributed by atoms with E-state index in [4.69, 9.17) is 4.74 Å². The summed E-state index contributed by atoms with van der Waals surface area (Å²) in [6, 6.07) is 4.20. The zero-order chi connectivity index (χ0) is 13.7. The summed E-state index contributed by atoms with van der Waals surface area (Å²) >= 11 is 0. The zero-order valence-electron chi connectivity index (χ0n) is 11.5. The Morgan fingerprint density at radius 3 is 2.53 bits per heavy atom. The van der Waals surface area contributed by atoms with Crippen LogP contribution in [0.1, 0.15) is 56.3 Å². The first-order valence-electron chi connectivity index (χ1n) is 6.91. The molecule has 102 valence electrons. The van der Waals surface area contributed by atoms with E-state index in [1.165, 1.54) is 18.2 Å². The van der Waals surface area contributed by atoms with Gasteiger partial charge in [-0.1, -0.05) is 13.8 Å². The predicted octanol–water partition coefficient (Wildman–Crippen LogP) is 4.13. The molecule has 1 saturated carbocycles. The maximum atomic E-state index is 13.3. The van der Waals surface area contributed by atoms with Gasteiger partial charge in [0.1, 0.15) is 17.2 Å². The number of halogens is 1. The van der Waals surface area contributed by atoms with Gasteiger partial charge in [0, 0.05) is 6.07 Å². The van der Waals surface area contributed by atoms with Crippen LogP contribution in [0.25, 0.3) is 0 Å². The Hall–Kier alpha value is -1.38. The van der Waals surface area contributed by atoms with Crippen molar-refractivity contribution in [2.24, 2.45) is 5.41 Å². The van der Waals surface area contributed by atoms with Gasteiger partial charge in [0.15, 0.2) is 5.78 Å². The Labute approximate surface area is 113 Å². The molecule has 1 fully saturated rings. The highest BCUT2D eigenvalue weighted by Crippen LogP contribution is 2.47. The number of hydrogen-bond acceptors (Lipinski definition) is 2. The van der Waals surface area contributed by atoms with Crippen LogP contribution in [0.3, 0.4) is 0 Å². The molecule has 0 bridgehead atoms. The van der Waals surface area contributed by atoms with Crippen LogP contribution in [0.4, 0.5) is 4.39 Å². The van der Waals surface area contributed by atoms with Gasteiger partial charge in [-0.25, -0.2) is 4.39 Å². The molecule has 0 saturated heterocycles. The summed E-state index contributed by atoms with van der Waals surface area (Å²) in [6.07, 6.45) is 4.28. The van der Waals surface area contributed by atoms with Gasteiger partial charge in [0.25, 0.3) is 0 Å². The van der Waals surface area contributed by atoms with E-state index in [1.807, 2.05) is 0 Å². The molecule has 0 unspecified atom stereocenters. The van der Waals surface area contributed by atoms with Crippen LogP contribution in [-0.4, -0.2) is 11.4 Å². The van der Waals surface area contributed by atoms with Crippen LogP contribution < -0.4 is 4.74 Å². The zero-order valence-corrected chi connectivity index (χ0v) is 11.5. The number of Topliss-reactive ketones (excluding diaryl/α,β-unsaturated/α-hetero) is 1. The summed E-state index contributed by atoms with van der Waals surface area (Å²) in [7, 11) is 0. The largest absolute Gasteiger partial charge is 0.486 e. The fraction of sp³-hybridized carbons (Fsp3) is 0.562. The summed E-state index contributed by atoms with van der Waals surface area (Å²) in [5.41, 5.74) is 0.449. The van der Waals surface area contributed by atoms with Gasteiger partial charge < -0.3 is 4.74 Å². The number of rotatable bonds is 0. The topological polar surface area (TPSA) is 26.3 Å². The van der Waals surface area contributed by atoms with Gasteiger partial charge in [-0.15, -0.1) is 0 Å². The first kappa shape index (κ1) is 12.6. The summed E-state index contributed by atoms with van der Waals surface area (Å²) in [4.78, 5) is 12.2. The Kier molecular flexibility index (Phi) is 2.70. The molecule has 2 aliphatic rings. The van der Waals surface area contributed by atoms with Crippen molar-refractivity contribution in [3.05, 3.63) is 29.6 Å². The van der Waals surface area contributed by atoms with Crippen molar-refractivity contribution >= 4 is 5.78 Å². The predicted molar refractivity (Wildman–Crippen MR) is 71.0 cm³/mol. The van der Waals surface area contributed by atoms with Crippen molar-refractivity contribution in [1.82, 2.24) is 0 Å². The maximum Gasteiger partial charge on any atom is 0.170 e. The minimum absolute atomic E-state index is 0.0842. The molecule has 3 heteroatoms. The van der Waals surface area contributed by atoms with Gasteiger partial charge >= 0.3 is 0 Å². The molecule has 0 aromatic heterocycles. The molecule has 2 nitrogen and oxygen atoms in total. The molecule has 0 radical (unpaired) electrons. The molecule has 1 heterocycles. The van der Waals surface area contributed by atoms with Crippen molar-refractivity contribution in [3.63, 3.8) is 0 Å². The Morgan fingerprint density at radius 2 is 1.84 bits per heavy atom. The Bertz CT molecular complexity index is 524. The normalized spacial score (nSPS) is 23.8. The standard InChI is InChI=1S/C16H19FO2/c1-15(2)5-7-16(8-6-15)10-13(18)12-4-3-11(17)9-14(12)19-16/h3-4,9H,5-8,10H2,1-2H3. The molecule has 0 amide bonds. The van der Waals surface area contributed by atoms with Gasteiger partial charge in [-0.05, 0) is 43.2 Å². The molecule has 1 aromatic carbocycles. The lowest BCUT2D eigenvalue weighted by Gasteiger charge is -2.45. The lowest BCUT2D eigenvalue weighted by Crippen LogP contribution is -2.46. The monoisotopic (exact) mass is 262 g/mol. The van der Waals surface area contributed by atoms with Gasteiger partial charge in [0.05, 0.1) is 12.0 Å². The number of hydrogen-bond donors (Lipinski definition) is 0. The van der Waals surface area contributed by atoms with E-state index in [0.29, 0.717) is 23.1 Å². The van der Waals surface area contributed by atoms with Crippen LogP contribution in [0.2, 0.25) is 0 Å². The van der Waals surface area contributed by atoms with Gasteiger partial charge in [-0.2, -0.15) is 0 Å². The summed E-state index contributed by atoms with van der Waals surface area (Å²) in [5, 5.41) is 0. The van der Waals surface area contributed by atoms with E-state index in [1.54, 1.807) is 0 Å². The number of ketones is 1. The average Bonchev–Trinajstić information content (AvgIpc) is 2.33. The molecule has 1 spiro atoms. The SMILES string of the molecule is CC1(C)CCC2(CC1)CC(=O)c1ccc(F)cc1O2. The lowest BCUT2D eigenvalue weighted by molar-refractivity contribution is -0.0132. The van der Waals surface area contributed by atoms with Gasteiger partial charge in [0.2, 0.25) is 0 Å². The number of carbonyl (C=O) groups excluding carboxylic acids is 1. The number of ether oxygens (including phenoxy) is 1. The highest BCUT2D eigenvalue weighted by Gasteiger charge is 2.45. The third kappa shape index (κ3) is 2.26. The third-order valence-corrected chi connectivity index (χ3v) is 4.57. The second-order valence-electron chi connectivity index (χ2n) is 6.69. The fourth-order valence-corrected chi connectivity index (χ4v) is 3.13. The second kappa shape index (κ2) is 4.06. The van der Waals surface area contributed by atoms with Crippen molar-refractivity contribution < 1.29 is 13.9 Å². The Morgan fingerprint density at radius 1 is 1.16 bits per heavy atom. The molecular formula is C16H19FO2. The average molecular weight is 262 g/mol. The highest BCUT2D eigenvalue weighted by molar-refractivity contribution is 6.00. The molecule has 0 atom stereocenters. The summed E-state index contributed by atoms with van der Waals surface area (Å²) < 4.78 is 19.4. The van der Waals surface area contributed by atoms with E-state index >= 15 is 0 Å². The lowest BCUT2D eigenvalue weighted by atomic mass is 9.68. The first-order chi connectivity index (χ1) is 8.89. The quantitative estimate of drug-likeness (QED) is 0.702. The van der Waals surface area contributed by atoms with Crippen LogP contribution in [0.15, 0.2) is 18.2 Å². The third-order valence-electron chi connectivity index (χ3n) is 4.57. The molecule has 0 N–H and O–H groups in total. The maximum absolute atomic E-state index is 13.3. The van der Waals surface area contributed by atoms with E-state index in [2.05, 4.69) is 13.8 Å². The van der Waals surface area contributed by atoms with Crippen LogP contribution >= 0.6 is 0 Å². The van der Waals surface area contributed by atoms with Crippen molar-refractivity contribution in [2.45, 2.75) is 51.6 Å². The van der Waals surface area contributed by atoms with Crippen molar-refractivity contribution in [3.8, 4) is 5.75 Å². The molecule has 1 aromatic rings. The second-order valence-corrected chi connectivity index (χ2v) is 6.69. The molecule has 19 heavy (non-hydrogen) atoms. The van der Waals surface area contributed by atoms with E-state index in [-0.39, 0.29) is 11.6 Å².